The van der Waals surface area contributed by atoms with Crippen molar-refractivity contribution >= 4 is 57.5 Å². The summed E-state index contributed by atoms with van der Waals surface area (Å²) in [5, 5.41) is 18.2. The minimum absolute atomic E-state index is 0.127. The quantitative estimate of drug-likeness (QED) is 0.193. The number of amides is 2. The van der Waals surface area contributed by atoms with Crippen LogP contribution in [0.3, 0.4) is 0 Å². The third kappa shape index (κ3) is 5.88. The Morgan fingerprint density at radius 3 is 2.63 bits per heavy atom. The second kappa shape index (κ2) is 11.8. The second-order valence-electron chi connectivity index (χ2n) is 8.30. The molecule has 7 nitrogen and oxygen atoms in total. The van der Waals surface area contributed by atoms with E-state index in [1.807, 2.05) is 77.4 Å². The molecule has 2 amide bonds. The van der Waals surface area contributed by atoms with Gasteiger partial charge in [-0.05, 0) is 47.3 Å². The zero-order valence-electron chi connectivity index (χ0n) is 20.3. The molecule has 0 radical (unpaired) electrons. The molecule has 1 heterocycles. The van der Waals surface area contributed by atoms with Crippen LogP contribution in [0.4, 0.5) is 10.5 Å². The number of carbonyl (C=O) groups is 1. The van der Waals surface area contributed by atoms with Crippen LogP contribution in [0.1, 0.15) is 11.4 Å². The molecule has 0 aliphatic rings. The van der Waals surface area contributed by atoms with Crippen LogP contribution in [0.5, 0.6) is 5.75 Å². The van der Waals surface area contributed by atoms with E-state index in [2.05, 4.69) is 20.8 Å². The van der Waals surface area contributed by atoms with Crippen molar-refractivity contribution in [3.8, 4) is 11.4 Å². The van der Waals surface area contributed by atoms with Crippen molar-refractivity contribution in [3.05, 3.63) is 106 Å². The lowest BCUT2D eigenvalue weighted by Crippen LogP contribution is -2.29. The highest BCUT2D eigenvalue weighted by atomic mass is 35.5. The smallest absolute Gasteiger partial charge is 0.319 e. The van der Waals surface area contributed by atoms with Crippen LogP contribution >= 0.6 is 35.0 Å². The molecule has 1 aromatic heterocycles. The number of benzene rings is 4. The van der Waals surface area contributed by atoms with E-state index in [9.17, 15) is 4.79 Å². The second-order valence-corrected chi connectivity index (χ2v) is 10.1. The maximum atomic E-state index is 12.8. The monoisotopic (exact) mass is 563 g/mol. The largest absolute Gasteiger partial charge is 0.497 e. The molecule has 0 atom stereocenters. The summed E-state index contributed by atoms with van der Waals surface area (Å²) in [6.45, 7) is 0.127. The van der Waals surface area contributed by atoms with Crippen molar-refractivity contribution in [2.24, 2.45) is 0 Å². The van der Waals surface area contributed by atoms with Crippen LogP contribution < -0.4 is 15.4 Å². The number of nitrogens with one attached hydrogen (secondary N) is 2. The van der Waals surface area contributed by atoms with Gasteiger partial charge in [-0.1, -0.05) is 83.5 Å². The van der Waals surface area contributed by atoms with Gasteiger partial charge in [0.05, 0.1) is 30.1 Å². The summed E-state index contributed by atoms with van der Waals surface area (Å²) in [5.41, 5.74) is 2.46. The first-order valence-electron chi connectivity index (χ1n) is 11.7. The average Bonchev–Trinajstić information content (AvgIpc) is 3.33. The zero-order chi connectivity index (χ0) is 26.5. The first-order chi connectivity index (χ1) is 18.5. The Morgan fingerprint density at radius 2 is 1.79 bits per heavy atom. The van der Waals surface area contributed by atoms with E-state index in [1.54, 1.807) is 19.2 Å². The number of halogens is 2. The van der Waals surface area contributed by atoms with Crippen LogP contribution in [0.2, 0.25) is 10.0 Å². The molecule has 5 aromatic rings. The zero-order valence-corrected chi connectivity index (χ0v) is 22.6. The molecule has 0 aliphatic carbocycles. The lowest BCUT2D eigenvalue weighted by Gasteiger charge is -2.14. The molecule has 4 aromatic carbocycles. The molecule has 0 unspecified atom stereocenters. The molecule has 0 spiro atoms. The van der Waals surface area contributed by atoms with E-state index in [-0.39, 0.29) is 12.6 Å². The maximum absolute atomic E-state index is 12.8. The number of fused-ring (bicyclic) bond motifs is 1. The molecule has 0 aliphatic heterocycles. The molecule has 0 saturated heterocycles. The van der Waals surface area contributed by atoms with Crippen LogP contribution in [0, 0.1) is 0 Å². The average molecular weight is 564 g/mol. The summed E-state index contributed by atoms with van der Waals surface area (Å²) < 4.78 is 7.17. The third-order valence-corrected chi connectivity index (χ3v) is 7.34. The molecular formula is C28H23Cl2N5O2S. The Hall–Kier alpha value is -3.72. The van der Waals surface area contributed by atoms with Crippen LogP contribution in [0.15, 0.2) is 90.1 Å². The predicted molar refractivity (Wildman–Crippen MR) is 154 cm³/mol. The molecule has 2 N–H and O–H groups in total. The van der Waals surface area contributed by atoms with Crippen LogP contribution in [-0.4, -0.2) is 27.9 Å². The van der Waals surface area contributed by atoms with Crippen molar-refractivity contribution in [1.29, 1.82) is 0 Å². The first-order valence-corrected chi connectivity index (χ1v) is 13.4. The molecule has 10 heteroatoms. The van der Waals surface area contributed by atoms with E-state index in [4.69, 9.17) is 27.9 Å². The SMILES string of the molecule is COc1cccc(CSc2nnc(CNC(=O)Nc3cccc4ccccc34)n2-c2ccc(Cl)cc2Cl)c1. The van der Waals surface area contributed by atoms with Gasteiger partial charge in [-0.2, -0.15) is 0 Å². The topological polar surface area (TPSA) is 81.1 Å². The number of anilines is 1. The van der Waals surface area contributed by atoms with Gasteiger partial charge in [0.1, 0.15) is 5.75 Å². The molecule has 192 valence electrons. The molecular weight excluding hydrogens is 541 g/mol. The van der Waals surface area contributed by atoms with Gasteiger partial charge in [-0.15, -0.1) is 10.2 Å². The molecule has 0 bridgehead atoms. The third-order valence-electron chi connectivity index (χ3n) is 5.80. The number of thioether (sulfide) groups is 1. The fourth-order valence-electron chi connectivity index (χ4n) is 3.98. The first kappa shape index (κ1) is 25.9. The summed E-state index contributed by atoms with van der Waals surface area (Å²) in [6, 6.07) is 26.4. The van der Waals surface area contributed by atoms with Gasteiger partial charge in [0, 0.05) is 16.2 Å². The lowest BCUT2D eigenvalue weighted by atomic mass is 10.1. The van der Waals surface area contributed by atoms with Gasteiger partial charge in [0.15, 0.2) is 11.0 Å². The predicted octanol–water partition coefficient (Wildman–Crippen LogP) is 7.35. The molecule has 38 heavy (non-hydrogen) atoms. The number of rotatable bonds is 8. The van der Waals surface area contributed by atoms with Gasteiger partial charge in [0.2, 0.25) is 0 Å². The van der Waals surface area contributed by atoms with E-state index in [1.165, 1.54) is 11.8 Å². The Labute approximate surface area is 234 Å². The number of nitrogens with zero attached hydrogens (tertiary/aromatic N) is 3. The van der Waals surface area contributed by atoms with Gasteiger partial charge < -0.3 is 15.4 Å². The summed E-state index contributed by atoms with van der Waals surface area (Å²) in [6.07, 6.45) is 0. The number of methoxy groups -OCH3 is 1. The van der Waals surface area contributed by atoms with E-state index in [0.29, 0.717) is 32.5 Å². The summed E-state index contributed by atoms with van der Waals surface area (Å²) >= 11 is 14.2. The fraction of sp³-hybridized carbons (Fsp3) is 0.107. The van der Waals surface area contributed by atoms with Gasteiger partial charge in [-0.3, -0.25) is 4.57 Å². The fourth-order valence-corrected chi connectivity index (χ4v) is 5.38. The lowest BCUT2D eigenvalue weighted by molar-refractivity contribution is 0.251. The molecule has 0 fully saturated rings. The van der Waals surface area contributed by atoms with Crippen molar-refractivity contribution in [1.82, 2.24) is 20.1 Å². The highest BCUT2D eigenvalue weighted by Crippen LogP contribution is 2.31. The Morgan fingerprint density at radius 1 is 0.974 bits per heavy atom. The van der Waals surface area contributed by atoms with Crippen molar-refractivity contribution in [2.75, 3.05) is 12.4 Å². The Bertz CT molecular complexity index is 1600. The number of urea groups is 1. The standard InChI is InChI=1S/C28H23Cl2N5O2S/c1-37-21-9-4-6-18(14-21)17-38-28-34-33-26(35(28)25-13-12-20(29)15-23(25)30)16-31-27(36)32-24-11-5-8-19-7-2-3-10-22(19)24/h2-15H,16-17H2,1H3,(H2,31,32,36). The highest BCUT2D eigenvalue weighted by Gasteiger charge is 2.18. The van der Waals surface area contributed by atoms with Crippen molar-refractivity contribution < 1.29 is 9.53 Å². The number of aromatic nitrogens is 3. The van der Waals surface area contributed by atoms with Gasteiger partial charge in [-0.25, -0.2) is 4.79 Å². The normalized spacial score (nSPS) is 10.9. The van der Waals surface area contributed by atoms with Gasteiger partial charge >= 0.3 is 6.03 Å². The summed E-state index contributed by atoms with van der Waals surface area (Å²) in [4.78, 5) is 12.8. The maximum Gasteiger partial charge on any atom is 0.319 e. The van der Waals surface area contributed by atoms with E-state index in [0.717, 1.165) is 27.8 Å². The minimum atomic E-state index is -0.358. The van der Waals surface area contributed by atoms with Crippen LogP contribution in [0.25, 0.3) is 16.5 Å². The van der Waals surface area contributed by atoms with Crippen molar-refractivity contribution in [2.45, 2.75) is 17.5 Å². The Balaban J connectivity index is 1.37. The van der Waals surface area contributed by atoms with E-state index >= 15 is 0 Å². The van der Waals surface area contributed by atoms with E-state index < -0.39 is 0 Å². The highest BCUT2D eigenvalue weighted by molar-refractivity contribution is 7.98. The number of carbonyl (C=O) groups excluding carboxylic acids is 1. The molecule has 0 saturated carbocycles. The number of ether oxygens (including phenoxy) is 1. The number of hydrogen-bond donors (Lipinski definition) is 2. The summed E-state index contributed by atoms with van der Waals surface area (Å²) in [5.74, 6) is 1.94. The summed E-state index contributed by atoms with van der Waals surface area (Å²) in [7, 11) is 1.64. The Kier molecular flexibility index (Phi) is 8.03. The number of hydrogen-bond acceptors (Lipinski definition) is 5. The van der Waals surface area contributed by atoms with Crippen molar-refractivity contribution in [3.63, 3.8) is 0 Å². The minimum Gasteiger partial charge on any atom is -0.497 e. The van der Waals surface area contributed by atoms with Crippen LogP contribution in [-0.2, 0) is 12.3 Å². The molecule has 5 rings (SSSR count). The van der Waals surface area contributed by atoms with Gasteiger partial charge in [0.25, 0.3) is 0 Å².